The van der Waals surface area contributed by atoms with E-state index in [1.165, 1.54) is 0 Å². The van der Waals surface area contributed by atoms with Crippen LogP contribution in [0.4, 0.5) is 5.69 Å². The van der Waals surface area contributed by atoms with Crippen molar-refractivity contribution in [3.05, 3.63) is 23.8 Å². The molecule has 0 bridgehead atoms. The fourth-order valence-corrected chi connectivity index (χ4v) is 2.66. The Morgan fingerprint density at radius 2 is 2.42 bits per heavy atom. The van der Waals surface area contributed by atoms with Crippen LogP contribution in [0.15, 0.2) is 18.2 Å². The number of ether oxygens (including phenoxy) is 1. The molecule has 4 nitrogen and oxygen atoms in total. The summed E-state index contributed by atoms with van der Waals surface area (Å²) in [5, 5.41) is 6.25. The van der Waals surface area contributed by atoms with Crippen molar-refractivity contribution in [1.29, 1.82) is 0 Å². The third-order valence-electron chi connectivity index (χ3n) is 2.87. The van der Waals surface area contributed by atoms with Crippen LogP contribution in [0.1, 0.15) is 24.2 Å². The Morgan fingerprint density at radius 3 is 3.21 bits per heavy atom. The minimum absolute atomic E-state index is 0.0650. The highest BCUT2D eigenvalue weighted by molar-refractivity contribution is 7.99. The number of nitrogens with one attached hydrogen (secondary N) is 2. The van der Waals surface area contributed by atoms with Gasteiger partial charge in [-0.05, 0) is 24.8 Å². The van der Waals surface area contributed by atoms with Gasteiger partial charge in [-0.1, -0.05) is 13.0 Å². The average molecular weight is 280 g/mol. The van der Waals surface area contributed by atoms with E-state index in [9.17, 15) is 4.79 Å². The lowest BCUT2D eigenvalue weighted by molar-refractivity contribution is 0.0939. The van der Waals surface area contributed by atoms with Crippen LogP contribution in [0.2, 0.25) is 0 Å². The van der Waals surface area contributed by atoms with Gasteiger partial charge in [0.15, 0.2) is 5.75 Å². The number of fused-ring (bicyclic) bond motifs is 1. The summed E-state index contributed by atoms with van der Waals surface area (Å²) in [6, 6.07) is 5.77. The largest absolute Gasteiger partial charge is 0.489 e. The molecule has 1 aromatic rings. The van der Waals surface area contributed by atoms with E-state index in [0.717, 1.165) is 23.7 Å². The molecule has 0 aliphatic carbocycles. The van der Waals surface area contributed by atoms with E-state index in [0.29, 0.717) is 17.9 Å². The van der Waals surface area contributed by atoms with Gasteiger partial charge >= 0.3 is 0 Å². The molecule has 0 aromatic heterocycles. The van der Waals surface area contributed by atoms with E-state index < -0.39 is 0 Å². The molecule has 2 rings (SSSR count). The van der Waals surface area contributed by atoms with Gasteiger partial charge in [0.2, 0.25) is 0 Å². The zero-order valence-electron chi connectivity index (χ0n) is 11.4. The van der Waals surface area contributed by atoms with E-state index in [2.05, 4.69) is 17.6 Å². The van der Waals surface area contributed by atoms with Crippen LogP contribution in [0.25, 0.3) is 0 Å². The molecule has 0 radical (unpaired) electrons. The van der Waals surface area contributed by atoms with Crippen molar-refractivity contribution in [3.63, 3.8) is 0 Å². The molecule has 0 saturated heterocycles. The van der Waals surface area contributed by atoms with Gasteiger partial charge in [-0.15, -0.1) is 0 Å². The Hall–Kier alpha value is -1.36. The Labute approximate surface area is 118 Å². The summed E-state index contributed by atoms with van der Waals surface area (Å²) >= 11 is 1.82. The van der Waals surface area contributed by atoms with E-state index in [1.54, 1.807) is 6.07 Å². The Morgan fingerprint density at radius 1 is 1.58 bits per heavy atom. The number of carbonyl (C=O) groups excluding carboxylic acids is 1. The van der Waals surface area contributed by atoms with Crippen molar-refractivity contribution in [1.82, 2.24) is 5.32 Å². The van der Waals surface area contributed by atoms with Crippen molar-refractivity contribution >= 4 is 23.4 Å². The first kappa shape index (κ1) is 14.1. The number of amides is 1. The number of anilines is 1. The average Bonchev–Trinajstić information content (AvgIpc) is 2.44. The normalized spacial score (nSPS) is 14.8. The van der Waals surface area contributed by atoms with Gasteiger partial charge in [-0.25, -0.2) is 0 Å². The molecule has 1 amide bonds. The van der Waals surface area contributed by atoms with Gasteiger partial charge in [-0.3, -0.25) is 4.79 Å². The van der Waals surface area contributed by atoms with Crippen LogP contribution in [-0.2, 0) is 0 Å². The first-order valence-electron chi connectivity index (χ1n) is 6.60. The summed E-state index contributed by atoms with van der Waals surface area (Å²) in [6.45, 7) is 5.52. The molecule has 1 unspecified atom stereocenters. The molecule has 5 heteroatoms. The second-order valence-corrected chi connectivity index (χ2v) is 5.81. The van der Waals surface area contributed by atoms with Gasteiger partial charge < -0.3 is 15.4 Å². The summed E-state index contributed by atoms with van der Waals surface area (Å²) in [5.41, 5.74) is 1.51. The highest BCUT2D eigenvalue weighted by Crippen LogP contribution is 2.31. The molecule has 0 saturated carbocycles. The van der Waals surface area contributed by atoms with Crippen molar-refractivity contribution in [2.24, 2.45) is 0 Å². The lowest BCUT2D eigenvalue weighted by Gasteiger charge is -2.22. The van der Waals surface area contributed by atoms with Crippen molar-refractivity contribution in [2.45, 2.75) is 19.9 Å². The van der Waals surface area contributed by atoms with E-state index in [4.69, 9.17) is 4.74 Å². The second kappa shape index (κ2) is 6.70. The molecular weight excluding hydrogens is 260 g/mol. The van der Waals surface area contributed by atoms with Crippen molar-refractivity contribution in [3.8, 4) is 5.75 Å². The summed E-state index contributed by atoms with van der Waals surface area (Å²) < 4.78 is 5.61. The Bertz CT molecular complexity index is 451. The van der Waals surface area contributed by atoms with Gasteiger partial charge in [-0.2, -0.15) is 11.8 Å². The quantitative estimate of drug-likeness (QED) is 0.869. The zero-order valence-corrected chi connectivity index (χ0v) is 12.2. The summed E-state index contributed by atoms with van der Waals surface area (Å²) in [5.74, 6) is 2.59. The minimum atomic E-state index is -0.0650. The summed E-state index contributed by atoms with van der Waals surface area (Å²) in [7, 11) is 0. The number of benzene rings is 1. The first-order valence-corrected chi connectivity index (χ1v) is 7.76. The minimum Gasteiger partial charge on any atom is -0.489 e. The number of hydrogen-bond acceptors (Lipinski definition) is 4. The standard InChI is InChI=1S/C14H20N2O2S/c1-3-19-9-10(2)16-14(17)11-5-4-6-12-13(11)18-8-7-15-12/h4-6,10,15H,3,7-9H2,1-2H3,(H,16,17). The smallest absolute Gasteiger partial charge is 0.255 e. The highest BCUT2D eigenvalue weighted by atomic mass is 32.2. The molecule has 0 spiro atoms. The van der Waals surface area contributed by atoms with E-state index in [-0.39, 0.29) is 11.9 Å². The van der Waals surface area contributed by atoms with Gasteiger partial charge in [0, 0.05) is 18.3 Å². The molecule has 104 valence electrons. The van der Waals surface area contributed by atoms with Crippen LogP contribution < -0.4 is 15.4 Å². The predicted molar refractivity (Wildman–Crippen MR) is 80.4 cm³/mol. The maximum Gasteiger partial charge on any atom is 0.255 e. The third-order valence-corrected chi connectivity index (χ3v) is 4.02. The number of carbonyl (C=O) groups is 1. The predicted octanol–water partition coefficient (Wildman–Crippen LogP) is 2.36. The zero-order chi connectivity index (χ0) is 13.7. The molecular formula is C14H20N2O2S. The molecule has 1 aromatic carbocycles. The summed E-state index contributed by atoms with van der Waals surface area (Å²) in [6.07, 6.45) is 0. The fourth-order valence-electron chi connectivity index (χ4n) is 1.99. The Kier molecular flexibility index (Phi) is 4.96. The maximum absolute atomic E-state index is 12.3. The monoisotopic (exact) mass is 280 g/mol. The number of para-hydroxylation sites is 1. The molecule has 2 N–H and O–H groups in total. The summed E-state index contributed by atoms with van der Waals surface area (Å²) in [4.78, 5) is 12.3. The van der Waals surface area contributed by atoms with Gasteiger partial charge in [0.1, 0.15) is 6.61 Å². The van der Waals surface area contributed by atoms with Gasteiger partial charge in [0.25, 0.3) is 5.91 Å². The number of rotatable bonds is 5. The highest BCUT2D eigenvalue weighted by Gasteiger charge is 2.19. The second-order valence-electron chi connectivity index (χ2n) is 4.49. The Balaban J connectivity index is 2.07. The molecule has 1 aliphatic heterocycles. The van der Waals surface area contributed by atoms with Crippen LogP contribution >= 0.6 is 11.8 Å². The SMILES string of the molecule is CCSCC(C)NC(=O)c1cccc2c1OCCN2. The van der Waals surface area contributed by atoms with E-state index >= 15 is 0 Å². The number of hydrogen-bond donors (Lipinski definition) is 2. The van der Waals surface area contributed by atoms with Crippen LogP contribution in [0.3, 0.4) is 0 Å². The third kappa shape index (κ3) is 3.56. The molecule has 1 aliphatic rings. The lowest BCUT2D eigenvalue weighted by atomic mass is 10.1. The van der Waals surface area contributed by atoms with Gasteiger partial charge in [0.05, 0.1) is 11.3 Å². The van der Waals surface area contributed by atoms with Crippen molar-refractivity contribution in [2.75, 3.05) is 30.0 Å². The number of thioether (sulfide) groups is 1. The fraction of sp³-hybridized carbons (Fsp3) is 0.500. The maximum atomic E-state index is 12.3. The lowest BCUT2D eigenvalue weighted by Crippen LogP contribution is -2.35. The topological polar surface area (TPSA) is 50.4 Å². The van der Waals surface area contributed by atoms with Crippen LogP contribution in [0.5, 0.6) is 5.75 Å². The molecule has 1 atom stereocenters. The van der Waals surface area contributed by atoms with E-state index in [1.807, 2.05) is 30.8 Å². The first-order chi connectivity index (χ1) is 9.22. The van der Waals surface area contributed by atoms with Crippen LogP contribution in [-0.4, -0.2) is 36.6 Å². The molecule has 1 heterocycles. The molecule has 19 heavy (non-hydrogen) atoms. The molecule has 0 fully saturated rings. The van der Waals surface area contributed by atoms with Crippen LogP contribution in [0, 0.1) is 0 Å². The van der Waals surface area contributed by atoms with Crippen molar-refractivity contribution < 1.29 is 9.53 Å².